The lowest BCUT2D eigenvalue weighted by atomic mass is 9.82. The van der Waals surface area contributed by atoms with Gasteiger partial charge < -0.3 is 15.4 Å². The fraction of sp³-hybridized carbons (Fsp3) is 0.786. The second kappa shape index (κ2) is 6.24. The Balaban J connectivity index is 2.92. The van der Waals surface area contributed by atoms with E-state index in [9.17, 15) is 0 Å². The Morgan fingerprint density at radius 2 is 1.60 bits per heavy atom. The van der Waals surface area contributed by atoms with Crippen molar-refractivity contribution in [3.8, 4) is 6.01 Å². The molecule has 1 aromatic heterocycles. The molecule has 114 valence electrons. The minimum atomic E-state index is -0.117. The van der Waals surface area contributed by atoms with Crippen molar-refractivity contribution < 1.29 is 4.74 Å². The molecular weight excluding hydrogens is 254 g/mol. The lowest BCUT2D eigenvalue weighted by molar-refractivity contribution is 0.299. The number of rotatable bonds is 6. The van der Waals surface area contributed by atoms with Gasteiger partial charge in [-0.1, -0.05) is 20.8 Å². The van der Waals surface area contributed by atoms with Gasteiger partial charge in [0, 0.05) is 12.6 Å². The normalized spacial score (nSPS) is 12.2. The number of hydrogen-bond acceptors (Lipinski definition) is 6. The first-order chi connectivity index (χ1) is 9.15. The summed E-state index contributed by atoms with van der Waals surface area (Å²) >= 11 is 0. The predicted molar refractivity (Wildman–Crippen MR) is 82.3 cm³/mol. The van der Waals surface area contributed by atoms with Gasteiger partial charge in [0.05, 0.1) is 6.61 Å². The molecule has 6 heteroatoms. The summed E-state index contributed by atoms with van der Waals surface area (Å²) in [6.45, 7) is 13.4. The molecule has 0 aromatic carbocycles. The highest BCUT2D eigenvalue weighted by atomic mass is 16.5. The Kier molecular flexibility index (Phi) is 5.14. The van der Waals surface area contributed by atoms with Crippen molar-refractivity contribution in [2.75, 3.05) is 24.3 Å². The highest BCUT2D eigenvalue weighted by molar-refractivity contribution is 5.37. The number of ether oxygens (including phenoxy) is 1. The van der Waals surface area contributed by atoms with Gasteiger partial charge in [-0.15, -0.1) is 0 Å². The van der Waals surface area contributed by atoms with Crippen LogP contribution in [-0.2, 0) is 0 Å². The topological polar surface area (TPSA) is 72.0 Å². The van der Waals surface area contributed by atoms with E-state index < -0.39 is 0 Å². The molecule has 1 rings (SSSR count). The van der Waals surface area contributed by atoms with Gasteiger partial charge in [0.1, 0.15) is 0 Å². The fourth-order valence-electron chi connectivity index (χ4n) is 2.39. The van der Waals surface area contributed by atoms with Gasteiger partial charge in [0.2, 0.25) is 11.9 Å². The summed E-state index contributed by atoms with van der Waals surface area (Å²) in [5, 5.41) is 6.28. The lowest BCUT2D eigenvalue weighted by Gasteiger charge is -2.33. The first-order valence-corrected chi connectivity index (χ1v) is 7.00. The van der Waals surface area contributed by atoms with Crippen LogP contribution in [0.1, 0.15) is 48.0 Å². The minimum Gasteiger partial charge on any atom is -0.464 e. The van der Waals surface area contributed by atoms with Crippen LogP contribution in [0.2, 0.25) is 0 Å². The maximum absolute atomic E-state index is 5.36. The monoisotopic (exact) mass is 281 g/mol. The van der Waals surface area contributed by atoms with Crippen molar-refractivity contribution in [2.24, 2.45) is 5.41 Å². The van der Waals surface area contributed by atoms with Crippen molar-refractivity contribution in [3.05, 3.63) is 0 Å². The van der Waals surface area contributed by atoms with Crippen molar-refractivity contribution in [1.82, 2.24) is 15.0 Å². The van der Waals surface area contributed by atoms with E-state index in [1.165, 1.54) is 0 Å². The summed E-state index contributed by atoms with van der Waals surface area (Å²) in [4.78, 5) is 12.8. The Hall–Kier alpha value is -1.59. The molecule has 0 amide bonds. The van der Waals surface area contributed by atoms with E-state index in [1.807, 2.05) is 6.92 Å². The molecule has 6 nitrogen and oxygen atoms in total. The van der Waals surface area contributed by atoms with Crippen LogP contribution in [0.25, 0.3) is 0 Å². The molecule has 2 N–H and O–H groups in total. The molecule has 0 spiro atoms. The van der Waals surface area contributed by atoms with Crippen molar-refractivity contribution in [2.45, 2.75) is 53.5 Å². The van der Waals surface area contributed by atoms with Crippen LogP contribution in [0.4, 0.5) is 11.9 Å². The molecule has 0 fully saturated rings. The van der Waals surface area contributed by atoms with Gasteiger partial charge in [0.15, 0.2) is 0 Å². The summed E-state index contributed by atoms with van der Waals surface area (Å²) in [7, 11) is 1.77. The number of nitrogens with one attached hydrogen (secondary N) is 2. The van der Waals surface area contributed by atoms with E-state index in [1.54, 1.807) is 7.05 Å². The van der Waals surface area contributed by atoms with E-state index in [0.29, 0.717) is 24.5 Å². The predicted octanol–water partition coefficient (Wildman–Crippen LogP) is 2.94. The Bertz CT molecular complexity index is 440. The Labute approximate surface area is 121 Å². The van der Waals surface area contributed by atoms with E-state index in [4.69, 9.17) is 4.74 Å². The van der Waals surface area contributed by atoms with Crippen LogP contribution in [0, 0.1) is 5.41 Å². The van der Waals surface area contributed by atoms with E-state index >= 15 is 0 Å². The van der Waals surface area contributed by atoms with Crippen LogP contribution < -0.4 is 15.4 Å². The van der Waals surface area contributed by atoms with Gasteiger partial charge in [-0.25, -0.2) is 0 Å². The van der Waals surface area contributed by atoms with Gasteiger partial charge in [0.25, 0.3) is 0 Å². The first kappa shape index (κ1) is 16.5. The van der Waals surface area contributed by atoms with Gasteiger partial charge >= 0.3 is 6.01 Å². The summed E-state index contributed by atoms with van der Waals surface area (Å²) < 4.78 is 5.36. The average molecular weight is 281 g/mol. The summed E-state index contributed by atoms with van der Waals surface area (Å²) in [5.41, 5.74) is 0.103. The molecule has 0 saturated heterocycles. The Morgan fingerprint density at radius 1 is 1.00 bits per heavy atom. The van der Waals surface area contributed by atoms with Crippen molar-refractivity contribution >= 4 is 11.9 Å². The van der Waals surface area contributed by atoms with Crippen molar-refractivity contribution in [3.63, 3.8) is 0 Å². The van der Waals surface area contributed by atoms with E-state index in [0.717, 1.165) is 6.42 Å². The van der Waals surface area contributed by atoms with Crippen LogP contribution in [0.15, 0.2) is 0 Å². The molecule has 1 heterocycles. The molecule has 0 saturated carbocycles. The largest absolute Gasteiger partial charge is 0.464 e. The van der Waals surface area contributed by atoms with Crippen LogP contribution in [-0.4, -0.2) is 34.1 Å². The van der Waals surface area contributed by atoms with E-state index in [-0.39, 0.29) is 11.0 Å². The molecule has 0 bridgehead atoms. The number of anilines is 2. The summed E-state index contributed by atoms with van der Waals surface area (Å²) in [5.74, 6) is 1.03. The third-order valence-electron chi connectivity index (χ3n) is 2.53. The molecule has 0 aliphatic rings. The Morgan fingerprint density at radius 3 is 2.10 bits per heavy atom. The maximum Gasteiger partial charge on any atom is 0.323 e. The maximum atomic E-state index is 5.36. The standard InChI is InChI=1S/C14H27N5O/c1-8-20-12-17-10(15-7)16-11(18-12)19-14(5,6)9-13(2,3)4/h8-9H2,1-7H3,(H2,15,16,17,18,19). The zero-order valence-electron chi connectivity index (χ0n) is 13.7. The van der Waals surface area contributed by atoms with Gasteiger partial charge in [-0.2, -0.15) is 15.0 Å². The first-order valence-electron chi connectivity index (χ1n) is 7.00. The quantitative estimate of drug-likeness (QED) is 0.835. The smallest absolute Gasteiger partial charge is 0.323 e. The summed E-state index contributed by atoms with van der Waals surface area (Å²) in [6.07, 6.45) is 0.991. The highest BCUT2D eigenvalue weighted by Crippen LogP contribution is 2.29. The minimum absolute atomic E-state index is 0.117. The van der Waals surface area contributed by atoms with Crippen molar-refractivity contribution in [1.29, 1.82) is 0 Å². The second-order valence-electron chi connectivity index (χ2n) is 6.69. The third-order valence-corrected chi connectivity index (χ3v) is 2.53. The van der Waals surface area contributed by atoms with Gasteiger partial charge in [-0.05, 0) is 32.6 Å². The molecular formula is C14H27N5O. The molecule has 0 unspecified atom stereocenters. The molecule has 0 atom stereocenters. The van der Waals surface area contributed by atoms with Gasteiger partial charge in [-0.3, -0.25) is 0 Å². The lowest BCUT2D eigenvalue weighted by Crippen LogP contribution is -2.36. The molecule has 20 heavy (non-hydrogen) atoms. The third kappa shape index (κ3) is 5.59. The zero-order chi connectivity index (χ0) is 15.4. The zero-order valence-corrected chi connectivity index (χ0v) is 13.7. The number of aromatic nitrogens is 3. The van der Waals surface area contributed by atoms with E-state index in [2.05, 4.69) is 60.2 Å². The van der Waals surface area contributed by atoms with Crippen LogP contribution in [0.5, 0.6) is 6.01 Å². The second-order valence-corrected chi connectivity index (χ2v) is 6.69. The van der Waals surface area contributed by atoms with Crippen LogP contribution >= 0.6 is 0 Å². The number of hydrogen-bond donors (Lipinski definition) is 2. The number of nitrogens with zero attached hydrogens (tertiary/aromatic N) is 3. The average Bonchev–Trinajstić information content (AvgIpc) is 2.24. The molecule has 0 aliphatic carbocycles. The molecule has 0 radical (unpaired) electrons. The highest BCUT2D eigenvalue weighted by Gasteiger charge is 2.26. The fourth-order valence-corrected chi connectivity index (χ4v) is 2.39. The summed E-state index contributed by atoms with van der Waals surface area (Å²) in [6, 6.07) is 0.334. The SMILES string of the molecule is CCOc1nc(NC)nc(NC(C)(C)CC(C)(C)C)n1. The molecule has 0 aliphatic heterocycles. The molecule has 1 aromatic rings. The van der Waals surface area contributed by atoms with Crippen LogP contribution in [0.3, 0.4) is 0 Å².